The zero-order valence-electron chi connectivity index (χ0n) is 18.3. The van der Waals surface area contributed by atoms with Gasteiger partial charge in [-0.15, -0.1) is 0 Å². The van der Waals surface area contributed by atoms with E-state index in [1.807, 2.05) is 20.8 Å². The molecule has 0 saturated carbocycles. The van der Waals surface area contributed by atoms with Gasteiger partial charge in [-0.05, 0) is 59.3 Å². The first-order valence-electron chi connectivity index (χ1n) is 11.0. The third-order valence-corrected chi connectivity index (χ3v) is 4.31. The molecule has 0 amide bonds. The molecule has 0 unspecified atom stereocenters. The molecule has 3 heteroatoms. The van der Waals surface area contributed by atoms with Gasteiger partial charge in [0.15, 0.2) is 0 Å². The first-order chi connectivity index (χ1) is 12.8. The van der Waals surface area contributed by atoms with Crippen molar-refractivity contribution >= 4 is 5.97 Å². The molecule has 0 rings (SSSR count). The molecule has 27 heavy (non-hydrogen) atoms. The lowest BCUT2D eigenvalue weighted by Crippen LogP contribution is -2.26. The van der Waals surface area contributed by atoms with Gasteiger partial charge < -0.3 is 9.84 Å². The van der Waals surface area contributed by atoms with Crippen LogP contribution in [0.3, 0.4) is 0 Å². The molecule has 0 aromatic heterocycles. The summed E-state index contributed by atoms with van der Waals surface area (Å²) in [4.78, 5) is 11.6. The van der Waals surface area contributed by atoms with Crippen molar-refractivity contribution in [3.63, 3.8) is 0 Å². The predicted octanol–water partition coefficient (Wildman–Crippen LogP) is 6.89. The van der Waals surface area contributed by atoms with Gasteiger partial charge in [0, 0.05) is 0 Å². The standard InChI is InChI=1S/C24H44O3/c1-5-6-7-8-9-10-11-12-13-14-15-16-17-18-19-20-22(25)21-23(26)27-24(2,3)4/h9-10,12-13,22,25H,5-8,11,14-21H2,1-4H3/b10-9-,13-12-/t22-/m1/s1. The van der Waals surface area contributed by atoms with Gasteiger partial charge in [0.25, 0.3) is 0 Å². The van der Waals surface area contributed by atoms with Crippen molar-refractivity contribution < 1.29 is 14.6 Å². The van der Waals surface area contributed by atoms with E-state index in [1.54, 1.807) is 0 Å². The van der Waals surface area contributed by atoms with Crippen molar-refractivity contribution in [2.75, 3.05) is 0 Å². The maximum absolute atomic E-state index is 11.6. The maximum Gasteiger partial charge on any atom is 0.308 e. The first-order valence-corrected chi connectivity index (χ1v) is 11.0. The van der Waals surface area contributed by atoms with E-state index in [0.717, 1.165) is 25.7 Å². The fourth-order valence-electron chi connectivity index (χ4n) is 2.87. The average molecular weight is 381 g/mol. The highest BCUT2D eigenvalue weighted by Crippen LogP contribution is 2.13. The third kappa shape index (κ3) is 21.1. The quantitative estimate of drug-likeness (QED) is 0.180. The second kappa shape index (κ2) is 17.0. The predicted molar refractivity (Wildman–Crippen MR) is 116 cm³/mol. The second-order valence-electron chi connectivity index (χ2n) is 8.46. The van der Waals surface area contributed by atoms with Crippen molar-refractivity contribution in [2.24, 2.45) is 0 Å². The second-order valence-corrected chi connectivity index (χ2v) is 8.46. The van der Waals surface area contributed by atoms with Crippen molar-refractivity contribution in [3.8, 4) is 0 Å². The lowest BCUT2D eigenvalue weighted by molar-refractivity contribution is -0.157. The maximum atomic E-state index is 11.6. The number of esters is 1. The number of ether oxygens (including phenoxy) is 1. The molecule has 1 N–H and O–H groups in total. The van der Waals surface area contributed by atoms with Gasteiger partial charge in [0.2, 0.25) is 0 Å². The molecule has 0 heterocycles. The Morgan fingerprint density at radius 1 is 0.889 bits per heavy atom. The Morgan fingerprint density at radius 3 is 2.04 bits per heavy atom. The molecule has 0 saturated heterocycles. The van der Waals surface area contributed by atoms with E-state index in [2.05, 4.69) is 31.2 Å². The number of aliphatic hydroxyl groups is 1. The van der Waals surface area contributed by atoms with E-state index < -0.39 is 11.7 Å². The number of allylic oxidation sites excluding steroid dienone is 4. The van der Waals surface area contributed by atoms with E-state index in [1.165, 1.54) is 44.9 Å². The average Bonchev–Trinajstić information content (AvgIpc) is 2.56. The SMILES string of the molecule is CCCCC/C=C\C/C=C\CCCCCCC[C@@H](O)CC(=O)OC(C)(C)C. The minimum atomic E-state index is -0.571. The summed E-state index contributed by atoms with van der Waals surface area (Å²) in [6.07, 6.45) is 22.5. The van der Waals surface area contributed by atoms with Crippen molar-refractivity contribution in [1.82, 2.24) is 0 Å². The number of unbranched alkanes of at least 4 members (excludes halogenated alkanes) is 8. The number of hydrogen-bond donors (Lipinski definition) is 1. The lowest BCUT2D eigenvalue weighted by atomic mass is 10.1. The van der Waals surface area contributed by atoms with Gasteiger partial charge >= 0.3 is 5.97 Å². The van der Waals surface area contributed by atoms with Gasteiger partial charge in [-0.25, -0.2) is 0 Å². The Bertz CT molecular complexity index is 404. The number of carbonyl (C=O) groups excluding carboxylic acids is 1. The molecule has 3 nitrogen and oxygen atoms in total. The highest BCUT2D eigenvalue weighted by Gasteiger charge is 2.18. The van der Waals surface area contributed by atoms with E-state index in [-0.39, 0.29) is 12.4 Å². The van der Waals surface area contributed by atoms with Crippen LogP contribution in [0.15, 0.2) is 24.3 Å². The van der Waals surface area contributed by atoms with Crippen LogP contribution in [0, 0.1) is 0 Å². The van der Waals surface area contributed by atoms with Gasteiger partial charge in [-0.3, -0.25) is 4.79 Å². The van der Waals surface area contributed by atoms with E-state index in [0.29, 0.717) is 6.42 Å². The number of hydrogen-bond acceptors (Lipinski definition) is 3. The summed E-state index contributed by atoms with van der Waals surface area (Å²) < 4.78 is 5.23. The summed E-state index contributed by atoms with van der Waals surface area (Å²) >= 11 is 0. The van der Waals surface area contributed by atoms with Crippen molar-refractivity contribution in [3.05, 3.63) is 24.3 Å². The van der Waals surface area contributed by atoms with Crippen LogP contribution in [0.4, 0.5) is 0 Å². The number of carbonyl (C=O) groups is 1. The summed E-state index contributed by atoms with van der Waals surface area (Å²) in [5.41, 5.74) is -0.476. The fourth-order valence-corrected chi connectivity index (χ4v) is 2.87. The van der Waals surface area contributed by atoms with E-state index >= 15 is 0 Å². The largest absolute Gasteiger partial charge is 0.460 e. The van der Waals surface area contributed by atoms with Crippen LogP contribution in [0.2, 0.25) is 0 Å². The monoisotopic (exact) mass is 380 g/mol. The molecule has 1 atom stereocenters. The third-order valence-electron chi connectivity index (χ3n) is 4.31. The molecular formula is C24H44O3. The van der Waals surface area contributed by atoms with Crippen molar-refractivity contribution in [1.29, 1.82) is 0 Å². The Kier molecular flexibility index (Phi) is 16.4. The molecule has 0 fully saturated rings. The summed E-state index contributed by atoms with van der Waals surface area (Å²) in [6.45, 7) is 7.77. The summed E-state index contributed by atoms with van der Waals surface area (Å²) in [7, 11) is 0. The topological polar surface area (TPSA) is 46.5 Å². The molecule has 158 valence electrons. The minimum Gasteiger partial charge on any atom is -0.460 e. The van der Waals surface area contributed by atoms with Gasteiger partial charge in [-0.1, -0.05) is 69.8 Å². The molecular weight excluding hydrogens is 336 g/mol. The zero-order valence-corrected chi connectivity index (χ0v) is 18.3. The normalized spacial score (nSPS) is 13.5. The zero-order chi connectivity index (χ0) is 20.4. The van der Waals surface area contributed by atoms with Crippen LogP contribution >= 0.6 is 0 Å². The number of aliphatic hydroxyl groups excluding tert-OH is 1. The first kappa shape index (κ1) is 25.9. The Labute approximate surface area is 168 Å². The van der Waals surface area contributed by atoms with Crippen LogP contribution < -0.4 is 0 Å². The molecule has 0 aromatic carbocycles. The Morgan fingerprint density at radius 2 is 1.44 bits per heavy atom. The molecule has 0 spiro atoms. The van der Waals surface area contributed by atoms with Crippen molar-refractivity contribution in [2.45, 2.75) is 123 Å². The van der Waals surface area contributed by atoms with Gasteiger partial charge in [-0.2, -0.15) is 0 Å². The van der Waals surface area contributed by atoms with Crippen LogP contribution in [-0.4, -0.2) is 22.8 Å². The van der Waals surface area contributed by atoms with Crippen LogP contribution in [0.5, 0.6) is 0 Å². The number of rotatable bonds is 16. The van der Waals surface area contributed by atoms with Gasteiger partial charge in [0.1, 0.15) is 5.60 Å². The lowest BCUT2D eigenvalue weighted by Gasteiger charge is -2.20. The molecule has 0 bridgehead atoms. The molecule has 0 radical (unpaired) electrons. The highest BCUT2D eigenvalue weighted by atomic mass is 16.6. The van der Waals surface area contributed by atoms with Crippen LogP contribution in [0.25, 0.3) is 0 Å². The molecule has 0 aliphatic carbocycles. The fraction of sp³-hybridized carbons (Fsp3) is 0.792. The van der Waals surface area contributed by atoms with E-state index in [4.69, 9.17) is 4.74 Å². The summed E-state index contributed by atoms with van der Waals surface area (Å²) in [6, 6.07) is 0. The summed E-state index contributed by atoms with van der Waals surface area (Å²) in [5.74, 6) is -0.308. The van der Waals surface area contributed by atoms with Crippen LogP contribution in [-0.2, 0) is 9.53 Å². The van der Waals surface area contributed by atoms with Gasteiger partial charge in [0.05, 0.1) is 12.5 Å². The minimum absolute atomic E-state index is 0.106. The Balaban J connectivity index is 3.44. The molecule has 0 aliphatic rings. The van der Waals surface area contributed by atoms with E-state index in [9.17, 15) is 9.90 Å². The Hall–Kier alpha value is -1.09. The molecule has 0 aromatic rings. The molecule has 0 aliphatic heterocycles. The highest BCUT2D eigenvalue weighted by molar-refractivity contribution is 5.70. The smallest absolute Gasteiger partial charge is 0.308 e. The van der Waals surface area contributed by atoms with Crippen LogP contribution in [0.1, 0.15) is 111 Å². The summed E-state index contributed by atoms with van der Waals surface area (Å²) in [5, 5.41) is 9.90.